The van der Waals surface area contributed by atoms with E-state index in [1.807, 2.05) is 0 Å². The third-order valence-electron chi connectivity index (χ3n) is 1.48. The van der Waals surface area contributed by atoms with Gasteiger partial charge in [0, 0.05) is 13.1 Å². The second kappa shape index (κ2) is 4.36. The summed E-state index contributed by atoms with van der Waals surface area (Å²) < 4.78 is 0. The van der Waals surface area contributed by atoms with Gasteiger partial charge in [-0.25, -0.2) is 4.98 Å². The first-order chi connectivity index (χ1) is 6.58. The minimum absolute atomic E-state index is 0.0743. The number of anilines is 1. The maximum Gasteiger partial charge on any atom is 0.307 e. The zero-order valence-corrected chi connectivity index (χ0v) is 7.65. The van der Waals surface area contributed by atoms with Crippen LogP contribution >= 0.6 is 0 Å². The maximum absolute atomic E-state index is 10.7. The van der Waals surface area contributed by atoms with Crippen LogP contribution in [0.4, 0.5) is 5.82 Å². The molecule has 0 aliphatic heterocycles. The molecule has 1 aromatic heterocycles. The molecule has 5 nitrogen and oxygen atoms in total. The summed E-state index contributed by atoms with van der Waals surface area (Å²) in [6.07, 6.45) is 1.39. The largest absolute Gasteiger partial charge is 0.481 e. The van der Waals surface area contributed by atoms with Crippen molar-refractivity contribution in [3.05, 3.63) is 23.9 Å². The zero-order chi connectivity index (χ0) is 10.6. The van der Waals surface area contributed by atoms with Crippen LogP contribution in [-0.4, -0.2) is 22.0 Å². The van der Waals surface area contributed by atoms with Crippen molar-refractivity contribution in [2.24, 2.45) is 0 Å². The first kappa shape index (κ1) is 10.2. The fraction of sp³-hybridized carbons (Fsp3) is 0.222. The quantitative estimate of drug-likeness (QED) is 0.741. The lowest BCUT2D eigenvalue weighted by atomic mass is 10.2. The van der Waals surface area contributed by atoms with Crippen LogP contribution < -0.4 is 5.32 Å². The Balaban J connectivity index is 2.78. The van der Waals surface area contributed by atoms with Gasteiger partial charge in [0.1, 0.15) is 5.82 Å². The number of hydrogen-bond acceptors (Lipinski definition) is 3. The Hall–Kier alpha value is -1.91. The molecule has 0 fully saturated rings. The van der Waals surface area contributed by atoms with Gasteiger partial charge in [0.05, 0.1) is 6.42 Å². The number of aromatic nitrogens is 1. The Labute approximate surface area is 80.8 Å². The maximum atomic E-state index is 10.7. The molecule has 5 heteroatoms. The summed E-state index contributed by atoms with van der Waals surface area (Å²) >= 11 is 0. The molecular weight excluding hydrogens is 184 g/mol. The average molecular weight is 194 g/mol. The number of nitrogens with one attached hydrogen (secondary N) is 1. The molecule has 0 aromatic carbocycles. The molecule has 0 saturated carbocycles. The number of amides is 1. The van der Waals surface area contributed by atoms with E-state index in [9.17, 15) is 9.59 Å². The second-order valence-corrected chi connectivity index (χ2v) is 2.80. The summed E-state index contributed by atoms with van der Waals surface area (Å²) in [4.78, 5) is 24.9. The number of carbonyl (C=O) groups is 2. The third kappa shape index (κ3) is 3.22. The molecule has 0 bridgehead atoms. The zero-order valence-electron chi connectivity index (χ0n) is 7.65. The molecule has 0 aliphatic rings. The molecule has 0 unspecified atom stereocenters. The predicted octanol–water partition coefficient (Wildman–Crippen LogP) is 0.667. The summed E-state index contributed by atoms with van der Waals surface area (Å²) in [6.45, 7) is 1.37. The van der Waals surface area contributed by atoms with Crippen LogP contribution in [0.15, 0.2) is 18.3 Å². The Morgan fingerprint density at radius 3 is 2.86 bits per heavy atom. The van der Waals surface area contributed by atoms with Gasteiger partial charge in [0.15, 0.2) is 0 Å². The highest BCUT2D eigenvalue weighted by Crippen LogP contribution is 2.07. The van der Waals surface area contributed by atoms with Crippen molar-refractivity contribution in [3.8, 4) is 0 Å². The van der Waals surface area contributed by atoms with Gasteiger partial charge < -0.3 is 10.4 Å². The van der Waals surface area contributed by atoms with Crippen LogP contribution in [0.2, 0.25) is 0 Å². The van der Waals surface area contributed by atoms with E-state index in [0.717, 1.165) is 0 Å². The topological polar surface area (TPSA) is 79.3 Å². The fourth-order valence-electron chi connectivity index (χ4n) is 1.01. The molecule has 1 heterocycles. The molecule has 14 heavy (non-hydrogen) atoms. The third-order valence-corrected chi connectivity index (χ3v) is 1.48. The van der Waals surface area contributed by atoms with E-state index in [-0.39, 0.29) is 12.3 Å². The van der Waals surface area contributed by atoms with Gasteiger partial charge in [0.2, 0.25) is 5.91 Å². The molecule has 1 amide bonds. The smallest absolute Gasteiger partial charge is 0.307 e. The molecule has 74 valence electrons. The normalized spacial score (nSPS) is 9.50. The Morgan fingerprint density at radius 2 is 2.29 bits per heavy atom. The van der Waals surface area contributed by atoms with Crippen molar-refractivity contribution >= 4 is 17.7 Å². The monoisotopic (exact) mass is 194 g/mol. The van der Waals surface area contributed by atoms with E-state index in [4.69, 9.17) is 5.11 Å². The van der Waals surface area contributed by atoms with E-state index >= 15 is 0 Å². The van der Waals surface area contributed by atoms with Crippen molar-refractivity contribution in [3.63, 3.8) is 0 Å². The molecule has 2 N–H and O–H groups in total. The number of nitrogens with zero attached hydrogens (tertiary/aromatic N) is 1. The lowest BCUT2D eigenvalue weighted by molar-refractivity contribution is -0.136. The van der Waals surface area contributed by atoms with Crippen LogP contribution in [0.25, 0.3) is 0 Å². The highest BCUT2D eigenvalue weighted by atomic mass is 16.4. The van der Waals surface area contributed by atoms with Crippen LogP contribution in [-0.2, 0) is 16.0 Å². The molecule has 1 aromatic rings. The van der Waals surface area contributed by atoms with Crippen molar-refractivity contribution in [2.45, 2.75) is 13.3 Å². The predicted molar refractivity (Wildman–Crippen MR) is 49.9 cm³/mol. The van der Waals surface area contributed by atoms with E-state index < -0.39 is 5.97 Å². The number of carboxylic acid groups (broad SMARTS) is 1. The van der Waals surface area contributed by atoms with Crippen molar-refractivity contribution in [1.82, 2.24) is 4.98 Å². The van der Waals surface area contributed by atoms with Crippen LogP contribution in [0.1, 0.15) is 12.5 Å². The van der Waals surface area contributed by atoms with Gasteiger partial charge >= 0.3 is 5.97 Å². The number of rotatable bonds is 3. The molecule has 0 spiro atoms. The van der Waals surface area contributed by atoms with Gasteiger partial charge in [-0.1, -0.05) is 0 Å². The molecular formula is C9H10N2O3. The van der Waals surface area contributed by atoms with Gasteiger partial charge in [-0.2, -0.15) is 0 Å². The highest BCUT2D eigenvalue weighted by molar-refractivity contribution is 5.87. The van der Waals surface area contributed by atoms with Crippen molar-refractivity contribution in [1.29, 1.82) is 0 Å². The number of carbonyl (C=O) groups excluding carboxylic acids is 1. The van der Waals surface area contributed by atoms with E-state index in [1.54, 1.807) is 6.07 Å². The number of hydrogen-bond donors (Lipinski definition) is 2. The Kier molecular flexibility index (Phi) is 3.17. The summed E-state index contributed by atoms with van der Waals surface area (Å²) in [6, 6.07) is 3.13. The lowest BCUT2D eigenvalue weighted by Crippen LogP contribution is -2.08. The van der Waals surface area contributed by atoms with Crippen LogP contribution in [0.5, 0.6) is 0 Å². The molecule has 0 aliphatic carbocycles. The number of pyridine rings is 1. The minimum Gasteiger partial charge on any atom is -0.481 e. The van der Waals surface area contributed by atoms with Crippen molar-refractivity contribution in [2.75, 3.05) is 5.32 Å². The summed E-state index contributed by atoms with van der Waals surface area (Å²) in [5.41, 5.74) is 0.608. The molecule has 0 radical (unpaired) electrons. The Morgan fingerprint density at radius 1 is 1.57 bits per heavy atom. The van der Waals surface area contributed by atoms with E-state index in [0.29, 0.717) is 11.4 Å². The Bertz CT molecular complexity index is 332. The van der Waals surface area contributed by atoms with Crippen molar-refractivity contribution < 1.29 is 14.7 Å². The summed E-state index contributed by atoms with van der Waals surface area (Å²) in [5.74, 6) is -0.772. The number of aliphatic carboxylic acids is 1. The molecule has 0 atom stereocenters. The summed E-state index contributed by atoms with van der Waals surface area (Å²) in [5, 5.41) is 11.0. The van der Waals surface area contributed by atoms with E-state index in [2.05, 4.69) is 10.3 Å². The van der Waals surface area contributed by atoms with Gasteiger partial charge in [-0.15, -0.1) is 0 Å². The lowest BCUT2D eigenvalue weighted by Gasteiger charge is -2.02. The number of carboxylic acids is 1. The SMILES string of the molecule is CC(=O)Nc1cc(CC(=O)O)ccn1. The average Bonchev–Trinajstić information content (AvgIpc) is 2.01. The second-order valence-electron chi connectivity index (χ2n) is 2.80. The van der Waals surface area contributed by atoms with Crippen LogP contribution in [0, 0.1) is 0 Å². The molecule has 1 rings (SSSR count). The summed E-state index contributed by atoms with van der Waals surface area (Å²) in [7, 11) is 0. The van der Waals surface area contributed by atoms with Crippen LogP contribution in [0.3, 0.4) is 0 Å². The minimum atomic E-state index is -0.912. The first-order valence-corrected chi connectivity index (χ1v) is 4.02. The standard InChI is InChI=1S/C9H10N2O3/c1-6(12)11-8-4-7(2-3-10-8)5-9(13)14/h2-4H,5H2,1H3,(H,13,14)(H,10,11,12). The molecule has 0 saturated heterocycles. The van der Waals surface area contributed by atoms with Gasteiger partial charge in [-0.05, 0) is 17.7 Å². The van der Waals surface area contributed by atoms with E-state index in [1.165, 1.54) is 19.2 Å². The fourth-order valence-corrected chi connectivity index (χ4v) is 1.01. The van der Waals surface area contributed by atoms with Gasteiger partial charge in [0.25, 0.3) is 0 Å². The first-order valence-electron chi connectivity index (χ1n) is 4.02. The highest BCUT2D eigenvalue weighted by Gasteiger charge is 2.02. The van der Waals surface area contributed by atoms with Gasteiger partial charge in [-0.3, -0.25) is 9.59 Å².